The van der Waals surface area contributed by atoms with Crippen LogP contribution in [0.25, 0.3) is 0 Å². The Morgan fingerprint density at radius 3 is 2.64 bits per heavy atom. The zero-order valence-corrected chi connectivity index (χ0v) is 15.5. The molecule has 3 rings (SSSR count). The first-order valence-electron chi connectivity index (χ1n) is 7.77. The number of aryl methyl sites for hydroxylation is 1. The number of anilines is 1. The average molecular weight is 397 g/mol. The van der Waals surface area contributed by atoms with Gasteiger partial charge in [0.05, 0.1) is 11.8 Å². The van der Waals surface area contributed by atoms with Gasteiger partial charge in [-0.2, -0.15) is 0 Å². The van der Waals surface area contributed by atoms with E-state index in [4.69, 9.17) is 4.74 Å². The minimum absolute atomic E-state index is 0.138. The number of carbonyl (C=O) groups excluding carboxylic acids is 1. The predicted octanol–water partition coefficient (Wildman–Crippen LogP) is 5.22. The number of amides is 1. The molecule has 0 fully saturated rings. The van der Waals surface area contributed by atoms with Gasteiger partial charge < -0.3 is 9.64 Å². The zero-order valence-electron chi connectivity index (χ0n) is 13.9. The summed E-state index contributed by atoms with van der Waals surface area (Å²) in [6, 6.07) is 16.6. The summed E-state index contributed by atoms with van der Waals surface area (Å²) >= 11 is 3.48. The summed E-state index contributed by atoms with van der Waals surface area (Å²) in [4.78, 5) is 18.6. The van der Waals surface area contributed by atoms with Crippen LogP contribution in [0.4, 0.5) is 5.69 Å². The van der Waals surface area contributed by atoms with Crippen LogP contribution in [0.5, 0.6) is 11.5 Å². The van der Waals surface area contributed by atoms with E-state index in [1.54, 1.807) is 48.6 Å². The Hall–Kier alpha value is -2.66. The molecule has 0 aliphatic rings. The molecule has 0 aliphatic carbocycles. The lowest BCUT2D eigenvalue weighted by Crippen LogP contribution is -2.26. The largest absolute Gasteiger partial charge is 0.455 e. The number of aromatic nitrogens is 1. The first-order chi connectivity index (χ1) is 12.1. The standard InChI is InChI=1S/C20H17BrN2O2/c1-14-12-15(9-10-18(14)21)23(2)20(24)17-7-3-4-8-19(17)25-16-6-5-11-22-13-16/h3-13H,1-2H3. The smallest absolute Gasteiger partial charge is 0.261 e. The lowest BCUT2D eigenvalue weighted by atomic mass is 10.1. The molecule has 5 heteroatoms. The average Bonchev–Trinajstić information content (AvgIpc) is 2.64. The van der Waals surface area contributed by atoms with E-state index in [0.29, 0.717) is 17.1 Å². The van der Waals surface area contributed by atoms with Gasteiger partial charge in [0.15, 0.2) is 0 Å². The van der Waals surface area contributed by atoms with Crippen molar-refractivity contribution in [3.05, 3.63) is 82.6 Å². The molecule has 0 spiro atoms. The number of para-hydroxylation sites is 1. The van der Waals surface area contributed by atoms with Crippen molar-refractivity contribution >= 4 is 27.5 Å². The number of hydrogen-bond donors (Lipinski definition) is 0. The molecule has 3 aromatic rings. The normalized spacial score (nSPS) is 10.4. The number of ether oxygens (including phenoxy) is 1. The molecule has 1 amide bonds. The van der Waals surface area contributed by atoms with Crippen molar-refractivity contribution in [3.63, 3.8) is 0 Å². The van der Waals surface area contributed by atoms with E-state index >= 15 is 0 Å². The maximum absolute atomic E-state index is 13.0. The van der Waals surface area contributed by atoms with Crippen molar-refractivity contribution in [2.45, 2.75) is 6.92 Å². The topological polar surface area (TPSA) is 42.4 Å². The van der Waals surface area contributed by atoms with Crippen LogP contribution in [-0.2, 0) is 0 Å². The monoisotopic (exact) mass is 396 g/mol. The minimum Gasteiger partial charge on any atom is -0.455 e. The van der Waals surface area contributed by atoms with Crippen LogP contribution in [0.15, 0.2) is 71.5 Å². The molecule has 0 saturated carbocycles. The van der Waals surface area contributed by atoms with Crippen molar-refractivity contribution in [1.82, 2.24) is 4.98 Å². The molecule has 1 heterocycles. The Morgan fingerprint density at radius 2 is 1.92 bits per heavy atom. The molecule has 0 radical (unpaired) electrons. The highest BCUT2D eigenvalue weighted by atomic mass is 79.9. The fourth-order valence-electron chi connectivity index (χ4n) is 2.40. The van der Waals surface area contributed by atoms with E-state index in [9.17, 15) is 4.79 Å². The van der Waals surface area contributed by atoms with Crippen molar-refractivity contribution in [3.8, 4) is 11.5 Å². The highest BCUT2D eigenvalue weighted by molar-refractivity contribution is 9.10. The van der Waals surface area contributed by atoms with Crippen LogP contribution in [0.3, 0.4) is 0 Å². The van der Waals surface area contributed by atoms with E-state index in [1.807, 2.05) is 37.3 Å². The predicted molar refractivity (Wildman–Crippen MR) is 102 cm³/mol. The molecule has 0 unspecified atom stereocenters. The van der Waals surface area contributed by atoms with Crippen LogP contribution < -0.4 is 9.64 Å². The third kappa shape index (κ3) is 3.88. The third-order valence-electron chi connectivity index (χ3n) is 3.81. The molecule has 0 atom stereocenters. The maximum Gasteiger partial charge on any atom is 0.261 e. The Labute approximate surface area is 155 Å². The number of benzene rings is 2. The number of halogens is 1. The van der Waals surface area contributed by atoms with Crippen LogP contribution in [0.1, 0.15) is 15.9 Å². The number of nitrogens with zero attached hydrogens (tertiary/aromatic N) is 2. The quantitative estimate of drug-likeness (QED) is 0.606. The van der Waals surface area contributed by atoms with Crippen LogP contribution in [-0.4, -0.2) is 17.9 Å². The van der Waals surface area contributed by atoms with Crippen LogP contribution >= 0.6 is 15.9 Å². The number of carbonyl (C=O) groups is 1. The summed E-state index contributed by atoms with van der Waals surface area (Å²) in [6.45, 7) is 1.99. The summed E-state index contributed by atoms with van der Waals surface area (Å²) in [6.07, 6.45) is 3.29. The van der Waals surface area contributed by atoms with Gasteiger partial charge >= 0.3 is 0 Å². The van der Waals surface area contributed by atoms with Gasteiger partial charge in [-0.25, -0.2) is 0 Å². The fourth-order valence-corrected chi connectivity index (χ4v) is 2.65. The minimum atomic E-state index is -0.138. The Bertz CT molecular complexity index is 897. The second-order valence-corrected chi connectivity index (χ2v) is 6.44. The molecule has 0 aliphatic heterocycles. The lowest BCUT2D eigenvalue weighted by Gasteiger charge is -2.20. The van der Waals surface area contributed by atoms with Gasteiger partial charge in [-0.05, 0) is 55.0 Å². The summed E-state index contributed by atoms with van der Waals surface area (Å²) in [7, 11) is 1.76. The van der Waals surface area contributed by atoms with Gasteiger partial charge in [-0.1, -0.05) is 28.1 Å². The van der Waals surface area contributed by atoms with Gasteiger partial charge in [-0.3, -0.25) is 9.78 Å². The highest BCUT2D eigenvalue weighted by Crippen LogP contribution is 2.28. The summed E-state index contributed by atoms with van der Waals surface area (Å²) < 4.78 is 6.85. The van der Waals surface area contributed by atoms with Gasteiger partial charge in [0.1, 0.15) is 11.5 Å². The van der Waals surface area contributed by atoms with E-state index in [-0.39, 0.29) is 5.91 Å². The van der Waals surface area contributed by atoms with Crippen molar-refractivity contribution in [2.75, 3.05) is 11.9 Å². The molecule has 4 nitrogen and oxygen atoms in total. The second-order valence-electron chi connectivity index (χ2n) is 5.58. The second kappa shape index (κ2) is 7.49. The van der Waals surface area contributed by atoms with Gasteiger partial charge in [0, 0.05) is 23.4 Å². The lowest BCUT2D eigenvalue weighted by molar-refractivity contribution is 0.0991. The molecule has 25 heavy (non-hydrogen) atoms. The van der Waals surface area contributed by atoms with E-state index < -0.39 is 0 Å². The Morgan fingerprint density at radius 1 is 1.12 bits per heavy atom. The zero-order chi connectivity index (χ0) is 17.8. The molecule has 0 saturated heterocycles. The molecule has 1 aromatic heterocycles. The number of rotatable bonds is 4. The molecule has 0 N–H and O–H groups in total. The molecule has 126 valence electrons. The van der Waals surface area contributed by atoms with Crippen molar-refractivity contribution in [2.24, 2.45) is 0 Å². The number of hydrogen-bond acceptors (Lipinski definition) is 3. The van der Waals surface area contributed by atoms with Crippen LogP contribution in [0, 0.1) is 6.92 Å². The van der Waals surface area contributed by atoms with E-state index in [2.05, 4.69) is 20.9 Å². The SMILES string of the molecule is Cc1cc(N(C)C(=O)c2ccccc2Oc2cccnc2)ccc1Br. The van der Waals surface area contributed by atoms with Gasteiger partial charge in [0.2, 0.25) is 0 Å². The highest BCUT2D eigenvalue weighted by Gasteiger charge is 2.18. The van der Waals surface area contributed by atoms with Gasteiger partial charge in [0.25, 0.3) is 5.91 Å². The molecule has 2 aromatic carbocycles. The third-order valence-corrected chi connectivity index (χ3v) is 4.70. The molecular weight excluding hydrogens is 380 g/mol. The Kier molecular flexibility index (Phi) is 5.14. The summed E-state index contributed by atoms with van der Waals surface area (Å²) in [5.41, 5.74) is 2.38. The first-order valence-corrected chi connectivity index (χ1v) is 8.56. The molecular formula is C20H17BrN2O2. The first kappa shape index (κ1) is 17.2. The van der Waals surface area contributed by atoms with E-state index in [0.717, 1.165) is 15.7 Å². The van der Waals surface area contributed by atoms with Gasteiger partial charge in [-0.15, -0.1) is 0 Å². The number of pyridine rings is 1. The van der Waals surface area contributed by atoms with Crippen molar-refractivity contribution in [1.29, 1.82) is 0 Å². The van der Waals surface area contributed by atoms with Crippen molar-refractivity contribution < 1.29 is 9.53 Å². The van der Waals surface area contributed by atoms with E-state index in [1.165, 1.54) is 0 Å². The maximum atomic E-state index is 13.0. The van der Waals surface area contributed by atoms with Crippen LogP contribution in [0.2, 0.25) is 0 Å². The Balaban J connectivity index is 1.90. The molecule has 0 bridgehead atoms. The summed E-state index contributed by atoms with van der Waals surface area (Å²) in [5, 5.41) is 0. The fraction of sp³-hybridized carbons (Fsp3) is 0.100. The summed E-state index contributed by atoms with van der Waals surface area (Å²) in [5.74, 6) is 0.951.